The first-order chi connectivity index (χ1) is 9.26. The molecule has 5 heteroatoms. The number of ether oxygens (including phenoxy) is 1. The Kier molecular flexibility index (Phi) is 7.89. The summed E-state index contributed by atoms with van der Waals surface area (Å²) in [7, 11) is 1.72. The first-order valence-electron chi connectivity index (χ1n) is 7.08. The number of nitrogens with zero attached hydrogens (tertiary/aromatic N) is 2. The lowest BCUT2D eigenvalue weighted by Gasteiger charge is -2.10. The predicted molar refractivity (Wildman–Crippen MR) is 79.8 cm³/mol. The van der Waals surface area contributed by atoms with Gasteiger partial charge in [0.25, 0.3) is 0 Å². The van der Waals surface area contributed by atoms with Crippen molar-refractivity contribution < 1.29 is 4.74 Å². The van der Waals surface area contributed by atoms with Crippen LogP contribution in [0.15, 0.2) is 6.07 Å². The fourth-order valence-electron chi connectivity index (χ4n) is 1.77. The molecule has 0 aliphatic carbocycles. The van der Waals surface area contributed by atoms with Crippen molar-refractivity contribution >= 4 is 11.6 Å². The van der Waals surface area contributed by atoms with E-state index in [4.69, 9.17) is 4.74 Å². The molecule has 0 saturated heterocycles. The maximum Gasteiger partial charge on any atom is 0.131 e. The van der Waals surface area contributed by atoms with E-state index < -0.39 is 0 Å². The smallest absolute Gasteiger partial charge is 0.131 e. The monoisotopic (exact) mass is 266 g/mol. The van der Waals surface area contributed by atoms with Gasteiger partial charge in [-0.25, -0.2) is 9.97 Å². The van der Waals surface area contributed by atoms with E-state index in [2.05, 4.69) is 27.5 Å². The summed E-state index contributed by atoms with van der Waals surface area (Å²) in [5, 5.41) is 6.64. The van der Waals surface area contributed by atoms with Gasteiger partial charge in [0.15, 0.2) is 0 Å². The van der Waals surface area contributed by atoms with Gasteiger partial charge in [-0.1, -0.05) is 19.8 Å². The second-order valence-electron chi connectivity index (χ2n) is 4.59. The molecule has 0 aromatic carbocycles. The summed E-state index contributed by atoms with van der Waals surface area (Å²) in [6.45, 7) is 6.71. The normalized spacial score (nSPS) is 10.5. The molecule has 5 nitrogen and oxygen atoms in total. The van der Waals surface area contributed by atoms with Crippen LogP contribution >= 0.6 is 0 Å². The molecule has 0 unspecified atom stereocenters. The zero-order valence-corrected chi connectivity index (χ0v) is 12.3. The van der Waals surface area contributed by atoms with Crippen LogP contribution in [0.4, 0.5) is 11.6 Å². The number of hydrogen-bond acceptors (Lipinski definition) is 5. The van der Waals surface area contributed by atoms with E-state index in [0.717, 1.165) is 43.6 Å². The highest BCUT2D eigenvalue weighted by atomic mass is 16.5. The molecule has 0 fully saturated rings. The molecule has 0 atom stereocenters. The fraction of sp³-hybridized carbons (Fsp3) is 0.714. The van der Waals surface area contributed by atoms with E-state index in [1.165, 1.54) is 19.3 Å². The Labute approximate surface area is 116 Å². The van der Waals surface area contributed by atoms with Crippen molar-refractivity contribution in [3.63, 3.8) is 0 Å². The van der Waals surface area contributed by atoms with Gasteiger partial charge < -0.3 is 15.4 Å². The number of rotatable bonds is 10. The molecule has 0 bridgehead atoms. The second kappa shape index (κ2) is 9.55. The van der Waals surface area contributed by atoms with E-state index in [9.17, 15) is 0 Å². The molecular formula is C14H26N4O. The number of methoxy groups -OCH3 is 1. The minimum Gasteiger partial charge on any atom is -0.385 e. The van der Waals surface area contributed by atoms with Crippen molar-refractivity contribution in [3.8, 4) is 0 Å². The van der Waals surface area contributed by atoms with Gasteiger partial charge in [0.2, 0.25) is 0 Å². The Morgan fingerprint density at radius 1 is 1.05 bits per heavy atom. The van der Waals surface area contributed by atoms with E-state index >= 15 is 0 Å². The zero-order valence-electron chi connectivity index (χ0n) is 12.3. The number of unbranched alkanes of at least 4 members (excludes halogenated alkanes) is 2. The maximum absolute atomic E-state index is 5.02. The molecule has 0 aliphatic heterocycles. The Morgan fingerprint density at radius 3 is 2.26 bits per heavy atom. The topological polar surface area (TPSA) is 59.1 Å². The molecule has 0 spiro atoms. The quantitative estimate of drug-likeness (QED) is 0.638. The summed E-state index contributed by atoms with van der Waals surface area (Å²) < 4.78 is 5.02. The molecule has 0 radical (unpaired) electrons. The zero-order chi connectivity index (χ0) is 13.9. The van der Waals surface area contributed by atoms with Gasteiger partial charge in [0.1, 0.15) is 17.5 Å². The first-order valence-corrected chi connectivity index (χ1v) is 7.08. The van der Waals surface area contributed by atoms with E-state index in [1.807, 2.05) is 13.0 Å². The van der Waals surface area contributed by atoms with Crippen molar-refractivity contribution in [2.45, 2.75) is 39.5 Å². The average molecular weight is 266 g/mol. The lowest BCUT2D eigenvalue weighted by molar-refractivity contribution is 0.198. The van der Waals surface area contributed by atoms with Gasteiger partial charge in [-0.2, -0.15) is 0 Å². The Bertz CT molecular complexity index is 327. The van der Waals surface area contributed by atoms with Crippen LogP contribution in [0, 0.1) is 6.92 Å². The number of aromatic nitrogens is 2. The minimum absolute atomic E-state index is 0.763. The van der Waals surface area contributed by atoms with Gasteiger partial charge in [-0.15, -0.1) is 0 Å². The van der Waals surface area contributed by atoms with Crippen LogP contribution in [-0.2, 0) is 4.74 Å². The van der Waals surface area contributed by atoms with Crippen molar-refractivity contribution in [2.75, 3.05) is 37.4 Å². The standard InChI is InChI=1S/C14H26N4O/c1-4-5-6-8-15-13-11-14(18-12(2)17-13)16-9-7-10-19-3/h11H,4-10H2,1-3H3,(H2,15,16,17,18). The molecular weight excluding hydrogens is 240 g/mol. The van der Waals surface area contributed by atoms with Gasteiger partial charge >= 0.3 is 0 Å². The summed E-state index contributed by atoms with van der Waals surface area (Å²) in [5.41, 5.74) is 0. The highest BCUT2D eigenvalue weighted by molar-refractivity contribution is 5.47. The van der Waals surface area contributed by atoms with Crippen molar-refractivity contribution in [1.82, 2.24) is 9.97 Å². The van der Waals surface area contributed by atoms with Crippen LogP contribution in [-0.4, -0.2) is 36.8 Å². The molecule has 0 saturated carbocycles. The van der Waals surface area contributed by atoms with Crippen LogP contribution < -0.4 is 10.6 Å². The van der Waals surface area contributed by atoms with Crippen LogP contribution in [0.1, 0.15) is 38.4 Å². The third-order valence-corrected chi connectivity index (χ3v) is 2.76. The van der Waals surface area contributed by atoms with Gasteiger partial charge in [-0.05, 0) is 19.8 Å². The molecule has 1 aromatic heterocycles. The lowest BCUT2D eigenvalue weighted by atomic mass is 10.2. The van der Waals surface area contributed by atoms with Gasteiger partial charge in [0.05, 0.1) is 0 Å². The molecule has 1 heterocycles. The summed E-state index contributed by atoms with van der Waals surface area (Å²) in [5.74, 6) is 2.56. The summed E-state index contributed by atoms with van der Waals surface area (Å²) in [4.78, 5) is 8.76. The van der Waals surface area contributed by atoms with Crippen LogP contribution in [0.25, 0.3) is 0 Å². The Balaban J connectivity index is 2.41. The molecule has 108 valence electrons. The van der Waals surface area contributed by atoms with Crippen molar-refractivity contribution in [1.29, 1.82) is 0 Å². The fourth-order valence-corrected chi connectivity index (χ4v) is 1.77. The molecule has 2 N–H and O–H groups in total. The highest BCUT2D eigenvalue weighted by Crippen LogP contribution is 2.11. The Morgan fingerprint density at radius 2 is 1.68 bits per heavy atom. The van der Waals surface area contributed by atoms with E-state index in [1.54, 1.807) is 7.11 Å². The molecule has 0 aliphatic rings. The lowest BCUT2D eigenvalue weighted by Crippen LogP contribution is -2.09. The van der Waals surface area contributed by atoms with E-state index in [0.29, 0.717) is 0 Å². The summed E-state index contributed by atoms with van der Waals surface area (Å²) in [6.07, 6.45) is 4.63. The molecule has 0 amide bonds. The number of hydrogen-bond donors (Lipinski definition) is 2. The van der Waals surface area contributed by atoms with Gasteiger partial charge in [0, 0.05) is 32.9 Å². The van der Waals surface area contributed by atoms with Crippen LogP contribution in [0.5, 0.6) is 0 Å². The summed E-state index contributed by atoms with van der Waals surface area (Å²) in [6, 6.07) is 1.96. The Hall–Kier alpha value is -1.36. The highest BCUT2D eigenvalue weighted by Gasteiger charge is 2.01. The first kappa shape index (κ1) is 15.7. The number of anilines is 2. The number of aryl methyl sites for hydroxylation is 1. The SMILES string of the molecule is CCCCCNc1cc(NCCCOC)nc(C)n1. The molecule has 19 heavy (non-hydrogen) atoms. The minimum atomic E-state index is 0.763. The maximum atomic E-state index is 5.02. The molecule has 1 aromatic rings. The third kappa shape index (κ3) is 6.96. The third-order valence-electron chi connectivity index (χ3n) is 2.76. The van der Waals surface area contributed by atoms with Crippen molar-refractivity contribution in [2.24, 2.45) is 0 Å². The number of nitrogens with one attached hydrogen (secondary N) is 2. The summed E-state index contributed by atoms with van der Waals surface area (Å²) >= 11 is 0. The average Bonchev–Trinajstić information content (AvgIpc) is 2.39. The molecule has 1 rings (SSSR count). The van der Waals surface area contributed by atoms with Crippen LogP contribution in [0.2, 0.25) is 0 Å². The van der Waals surface area contributed by atoms with E-state index in [-0.39, 0.29) is 0 Å². The largest absolute Gasteiger partial charge is 0.385 e. The van der Waals surface area contributed by atoms with Crippen LogP contribution in [0.3, 0.4) is 0 Å². The predicted octanol–water partition coefficient (Wildman–Crippen LogP) is 2.84. The second-order valence-corrected chi connectivity index (χ2v) is 4.59. The van der Waals surface area contributed by atoms with Crippen molar-refractivity contribution in [3.05, 3.63) is 11.9 Å². The van der Waals surface area contributed by atoms with Gasteiger partial charge in [-0.3, -0.25) is 0 Å².